The molecule has 2 aromatic carbocycles. The Kier molecular flexibility index (Phi) is 6.95. The van der Waals surface area contributed by atoms with Gasteiger partial charge in [0.15, 0.2) is 0 Å². The van der Waals surface area contributed by atoms with Crippen LogP contribution in [0, 0.1) is 5.82 Å². The summed E-state index contributed by atoms with van der Waals surface area (Å²) in [6, 6.07) is 12.6. The highest BCUT2D eigenvalue weighted by Gasteiger charge is 2.07. The van der Waals surface area contributed by atoms with Crippen molar-refractivity contribution in [3.8, 4) is 5.75 Å². The van der Waals surface area contributed by atoms with Crippen molar-refractivity contribution < 1.29 is 23.5 Å². The highest BCUT2D eigenvalue weighted by molar-refractivity contribution is 5.89. The van der Waals surface area contributed by atoms with E-state index in [0.29, 0.717) is 30.9 Å². The molecule has 6 heteroatoms. The quantitative estimate of drug-likeness (QED) is 0.590. The van der Waals surface area contributed by atoms with Crippen molar-refractivity contribution in [1.82, 2.24) is 5.32 Å². The minimum Gasteiger partial charge on any atom is -0.493 e. The van der Waals surface area contributed by atoms with Crippen molar-refractivity contribution in [3.63, 3.8) is 0 Å². The maximum Gasteiger partial charge on any atom is 0.338 e. The molecule has 0 fully saturated rings. The lowest BCUT2D eigenvalue weighted by atomic mass is 10.1. The first-order valence-corrected chi connectivity index (χ1v) is 7.93. The number of esters is 1. The van der Waals surface area contributed by atoms with E-state index >= 15 is 0 Å². The van der Waals surface area contributed by atoms with E-state index in [1.54, 1.807) is 36.4 Å². The molecule has 132 valence electrons. The van der Waals surface area contributed by atoms with E-state index in [0.717, 1.165) is 5.56 Å². The van der Waals surface area contributed by atoms with Crippen LogP contribution >= 0.6 is 0 Å². The Morgan fingerprint density at radius 1 is 1.00 bits per heavy atom. The molecule has 0 bridgehead atoms. The van der Waals surface area contributed by atoms with E-state index in [9.17, 15) is 14.0 Å². The zero-order valence-electron chi connectivity index (χ0n) is 14.0. The smallest absolute Gasteiger partial charge is 0.338 e. The van der Waals surface area contributed by atoms with Crippen LogP contribution in [0.1, 0.15) is 29.3 Å². The molecule has 2 aromatic rings. The second-order valence-corrected chi connectivity index (χ2v) is 5.40. The highest BCUT2D eigenvalue weighted by Crippen LogP contribution is 2.11. The maximum absolute atomic E-state index is 12.8. The van der Waals surface area contributed by atoms with E-state index in [4.69, 9.17) is 9.47 Å². The minimum atomic E-state index is -0.409. The van der Waals surface area contributed by atoms with Gasteiger partial charge in [-0.2, -0.15) is 0 Å². The van der Waals surface area contributed by atoms with Gasteiger partial charge in [0.25, 0.3) is 0 Å². The molecule has 5 nitrogen and oxygen atoms in total. The molecule has 2 rings (SSSR count). The van der Waals surface area contributed by atoms with E-state index in [1.807, 2.05) is 0 Å². The summed E-state index contributed by atoms with van der Waals surface area (Å²) < 4.78 is 23.3. The molecule has 0 aromatic heterocycles. The fourth-order valence-corrected chi connectivity index (χ4v) is 2.01. The Balaban J connectivity index is 1.67. The van der Waals surface area contributed by atoms with Crippen LogP contribution in [0.3, 0.4) is 0 Å². The van der Waals surface area contributed by atoms with Gasteiger partial charge in [-0.15, -0.1) is 0 Å². The normalized spacial score (nSPS) is 10.2. The number of amides is 1. The molecule has 0 spiro atoms. The van der Waals surface area contributed by atoms with Gasteiger partial charge >= 0.3 is 5.97 Å². The summed E-state index contributed by atoms with van der Waals surface area (Å²) in [4.78, 5) is 22.8. The summed E-state index contributed by atoms with van der Waals surface area (Å²) in [6.07, 6.45) is 0.531. The van der Waals surface area contributed by atoms with Crippen molar-refractivity contribution in [2.45, 2.75) is 19.9 Å². The summed E-state index contributed by atoms with van der Waals surface area (Å²) in [5.41, 5.74) is 1.35. The van der Waals surface area contributed by atoms with Gasteiger partial charge in [0.05, 0.1) is 18.8 Å². The second kappa shape index (κ2) is 9.42. The predicted molar refractivity (Wildman–Crippen MR) is 90.8 cm³/mol. The van der Waals surface area contributed by atoms with Crippen LogP contribution in [0.25, 0.3) is 0 Å². The van der Waals surface area contributed by atoms with Gasteiger partial charge in [0, 0.05) is 19.9 Å². The average Bonchev–Trinajstić information content (AvgIpc) is 2.61. The van der Waals surface area contributed by atoms with E-state index in [1.165, 1.54) is 19.1 Å². The SMILES string of the molecule is CC(=O)NCc1ccc(C(=O)OCCCOc2ccc(F)cc2)cc1. The summed E-state index contributed by atoms with van der Waals surface area (Å²) in [5, 5.41) is 2.69. The van der Waals surface area contributed by atoms with E-state index in [2.05, 4.69) is 5.32 Å². The first kappa shape index (κ1) is 18.4. The highest BCUT2D eigenvalue weighted by atomic mass is 19.1. The number of carbonyl (C=O) groups is 2. The summed E-state index contributed by atoms with van der Waals surface area (Å²) in [7, 11) is 0. The van der Waals surface area contributed by atoms with Crippen molar-refractivity contribution >= 4 is 11.9 Å². The van der Waals surface area contributed by atoms with Crippen LogP contribution in [-0.2, 0) is 16.1 Å². The van der Waals surface area contributed by atoms with Crippen LogP contribution in [0.15, 0.2) is 48.5 Å². The number of rotatable bonds is 8. The maximum atomic E-state index is 12.8. The average molecular weight is 345 g/mol. The predicted octanol–water partition coefficient (Wildman–Crippen LogP) is 3.09. The number of halogens is 1. The molecule has 0 unspecified atom stereocenters. The van der Waals surface area contributed by atoms with Crippen LogP contribution in [0.4, 0.5) is 4.39 Å². The van der Waals surface area contributed by atoms with Gasteiger partial charge in [-0.3, -0.25) is 4.79 Å². The molecular formula is C19H20FNO4. The minimum absolute atomic E-state index is 0.105. The number of ether oxygens (including phenoxy) is 2. The molecule has 25 heavy (non-hydrogen) atoms. The Labute approximate surface area is 145 Å². The van der Waals surface area contributed by atoms with Crippen LogP contribution in [-0.4, -0.2) is 25.1 Å². The Morgan fingerprint density at radius 3 is 2.32 bits per heavy atom. The largest absolute Gasteiger partial charge is 0.493 e. The lowest BCUT2D eigenvalue weighted by molar-refractivity contribution is -0.119. The topological polar surface area (TPSA) is 64.6 Å². The molecule has 0 saturated carbocycles. The Hall–Kier alpha value is -2.89. The third kappa shape index (κ3) is 6.63. The molecular weight excluding hydrogens is 325 g/mol. The Bertz CT molecular complexity index is 698. The third-order valence-electron chi connectivity index (χ3n) is 3.34. The Morgan fingerprint density at radius 2 is 1.68 bits per heavy atom. The second-order valence-electron chi connectivity index (χ2n) is 5.40. The monoisotopic (exact) mass is 345 g/mol. The molecule has 0 aliphatic heterocycles. The van der Waals surface area contributed by atoms with Gasteiger partial charge in [-0.05, 0) is 42.0 Å². The van der Waals surface area contributed by atoms with Crippen molar-refractivity contribution in [2.75, 3.05) is 13.2 Å². The van der Waals surface area contributed by atoms with E-state index < -0.39 is 5.97 Å². The van der Waals surface area contributed by atoms with Crippen molar-refractivity contribution in [2.24, 2.45) is 0 Å². The molecule has 0 heterocycles. The lowest BCUT2D eigenvalue weighted by Gasteiger charge is -2.08. The molecule has 0 atom stereocenters. The summed E-state index contributed by atoms with van der Waals surface area (Å²) >= 11 is 0. The molecule has 0 aliphatic rings. The standard InChI is InChI=1S/C19H20FNO4/c1-14(22)21-13-15-3-5-16(6-4-15)19(23)25-12-2-11-24-18-9-7-17(20)8-10-18/h3-10H,2,11-13H2,1H3,(H,21,22). The number of nitrogens with one attached hydrogen (secondary N) is 1. The molecule has 0 aliphatic carbocycles. The molecule has 1 N–H and O–H groups in total. The zero-order chi connectivity index (χ0) is 18.1. The number of carbonyl (C=O) groups excluding carboxylic acids is 2. The lowest BCUT2D eigenvalue weighted by Crippen LogP contribution is -2.18. The third-order valence-corrected chi connectivity index (χ3v) is 3.34. The molecule has 0 radical (unpaired) electrons. The van der Waals surface area contributed by atoms with Crippen LogP contribution in [0.2, 0.25) is 0 Å². The first-order chi connectivity index (χ1) is 12.0. The molecule has 0 saturated heterocycles. The van der Waals surface area contributed by atoms with Gasteiger partial charge in [-0.25, -0.2) is 9.18 Å². The number of hydrogen-bond acceptors (Lipinski definition) is 4. The number of benzene rings is 2. The number of hydrogen-bond donors (Lipinski definition) is 1. The van der Waals surface area contributed by atoms with Crippen LogP contribution < -0.4 is 10.1 Å². The van der Waals surface area contributed by atoms with Gasteiger partial charge in [-0.1, -0.05) is 12.1 Å². The van der Waals surface area contributed by atoms with Crippen LogP contribution in [0.5, 0.6) is 5.75 Å². The van der Waals surface area contributed by atoms with Gasteiger partial charge in [0.2, 0.25) is 5.91 Å². The summed E-state index contributed by atoms with van der Waals surface area (Å²) in [5.74, 6) is -0.258. The van der Waals surface area contributed by atoms with Crippen molar-refractivity contribution in [3.05, 3.63) is 65.5 Å². The van der Waals surface area contributed by atoms with E-state index in [-0.39, 0.29) is 18.3 Å². The fourth-order valence-electron chi connectivity index (χ4n) is 2.01. The fraction of sp³-hybridized carbons (Fsp3) is 0.263. The summed E-state index contributed by atoms with van der Waals surface area (Å²) in [6.45, 7) is 2.47. The van der Waals surface area contributed by atoms with Gasteiger partial charge in [0.1, 0.15) is 11.6 Å². The van der Waals surface area contributed by atoms with Gasteiger partial charge < -0.3 is 14.8 Å². The zero-order valence-corrected chi connectivity index (χ0v) is 14.0. The molecule has 1 amide bonds. The van der Waals surface area contributed by atoms with Crippen molar-refractivity contribution in [1.29, 1.82) is 0 Å². The first-order valence-electron chi connectivity index (χ1n) is 7.93.